The van der Waals surface area contributed by atoms with Crippen molar-refractivity contribution in [1.82, 2.24) is 9.97 Å². The van der Waals surface area contributed by atoms with Crippen molar-refractivity contribution in [1.29, 1.82) is 0 Å². The van der Waals surface area contributed by atoms with E-state index in [-0.39, 0.29) is 0 Å². The normalized spacial score (nSPS) is 10.9. The number of nitrogens with zero attached hydrogens (tertiary/aromatic N) is 2. The second-order valence-electron chi connectivity index (χ2n) is 4.04. The summed E-state index contributed by atoms with van der Waals surface area (Å²) in [5.74, 6) is 0.615. The molecule has 0 aliphatic heterocycles. The number of pyridine rings is 2. The molecule has 0 saturated heterocycles. The van der Waals surface area contributed by atoms with Gasteiger partial charge in [-0.3, -0.25) is 9.97 Å². The van der Waals surface area contributed by atoms with E-state index < -0.39 is 0 Å². The quantitative estimate of drug-likeness (QED) is 0.829. The van der Waals surface area contributed by atoms with Crippen molar-refractivity contribution in [2.24, 2.45) is 5.92 Å². The van der Waals surface area contributed by atoms with Crippen molar-refractivity contribution >= 4 is 16.6 Å². The van der Waals surface area contributed by atoms with Gasteiger partial charge in [0.25, 0.3) is 0 Å². The Balaban J connectivity index is 2.34. The molecule has 2 aromatic rings. The molecule has 2 aromatic heterocycles. The number of anilines is 1. The molecule has 0 aromatic carbocycles. The molecule has 78 valence electrons. The highest BCUT2D eigenvalue weighted by Crippen LogP contribution is 2.18. The van der Waals surface area contributed by atoms with Gasteiger partial charge in [-0.15, -0.1) is 0 Å². The number of rotatable bonds is 3. The van der Waals surface area contributed by atoms with Crippen molar-refractivity contribution in [3.8, 4) is 0 Å². The third-order valence-corrected chi connectivity index (χ3v) is 2.21. The third-order valence-electron chi connectivity index (χ3n) is 2.21. The van der Waals surface area contributed by atoms with Crippen LogP contribution >= 0.6 is 0 Å². The van der Waals surface area contributed by atoms with E-state index in [0.29, 0.717) is 5.92 Å². The van der Waals surface area contributed by atoms with Gasteiger partial charge in [0, 0.05) is 24.3 Å². The zero-order valence-corrected chi connectivity index (χ0v) is 9.07. The molecule has 0 fully saturated rings. The van der Waals surface area contributed by atoms with Crippen LogP contribution in [0.25, 0.3) is 10.9 Å². The average molecular weight is 201 g/mol. The molecule has 1 N–H and O–H groups in total. The summed E-state index contributed by atoms with van der Waals surface area (Å²) in [5.41, 5.74) is 2.01. The third kappa shape index (κ3) is 2.24. The SMILES string of the molecule is CC(C)CNc1cncc2cccnc12. The number of aromatic nitrogens is 2. The second-order valence-corrected chi connectivity index (χ2v) is 4.04. The molecule has 2 heterocycles. The maximum atomic E-state index is 4.36. The van der Waals surface area contributed by atoms with Crippen LogP contribution in [0.3, 0.4) is 0 Å². The molecule has 3 heteroatoms. The van der Waals surface area contributed by atoms with Crippen molar-refractivity contribution in [3.05, 3.63) is 30.7 Å². The van der Waals surface area contributed by atoms with Gasteiger partial charge >= 0.3 is 0 Å². The smallest absolute Gasteiger partial charge is 0.0964 e. The molecule has 0 radical (unpaired) electrons. The predicted molar refractivity (Wildman–Crippen MR) is 62.9 cm³/mol. The summed E-state index contributed by atoms with van der Waals surface area (Å²) in [6, 6.07) is 3.95. The number of hydrogen-bond donors (Lipinski definition) is 1. The van der Waals surface area contributed by atoms with Crippen LogP contribution in [0.1, 0.15) is 13.8 Å². The van der Waals surface area contributed by atoms with Crippen molar-refractivity contribution in [3.63, 3.8) is 0 Å². The Bertz CT molecular complexity index is 446. The first-order chi connectivity index (χ1) is 7.27. The highest BCUT2D eigenvalue weighted by molar-refractivity contribution is 5.88. The molecule has 2 rings (SSSR count). The first-order valence-electron chi connectivity index (χ1n) is 5.20. The fraction of sp³-hybridized carbons (Fsp3) is 0.333. The maximum Gasteiger partial charge on any atom is 0.0964 e. The molecular weight excluding hydrogens is 186 g/mol. The Morgan fingerprint density at radius 2 is 2.20 bits per heavy atom. The van der Waals surface area contributed by atoms with Gasteiger partial charge in [0.2, 0.25) is 0 Å². The van der Waals surface area contributed by atoms with E-state index >= 15 is 0 Å². The lowest BCUT2D eigenvalue weighted by atomic mass is 10.2. The molecular formula is C12H15N3. The van der Waals surface area contributed by atoms with Crippen LogP contribution in [-0.2, 0) is 0 Å². The average Bonchev–Trinajstić information content (AvgIpc) is 2.26. The molecule has 3 nitrogen and oxygen atoms in total. The van der Waals surface area contributed by atoms with Crippen LogP contribution in [0.5, 0.6) is 0 Å². The highest BCUT2D eigenvalue weighted by Gasteiger charge is 2.02. The van der Waals surface area contributed by atoms with Crippen LogP contribution in [0.15, 0.2) is 30.7 Å². The fourth-order valence-electron chi connectivity index (χ4n) is 1.44. The summed E-state index contributed by atoms with van der Waals surface area (Å²) in [5, 5.41) is 4.44. The summed E-state index contributed by atoms with van der Waals surface area (Å²) in [6.07, 6.45) is 5.48. The molecule has 0 aliphatic carbocycles. The molecule has 0 aliphatic rings. The van der Waals surface area contributed by atoms with Gasteiger partial charge in [0.15, 0.2) is 0 Å². The van der Waals surface area contributed by atoms with Crippen LogP contribution < -0.4 is 5.32 Å². The molecule has 0 spiro atoms. The zero-order valence-electron chi connectivity index (χ0n) is 9.07. The number of fused-ring (bicyclic) bond motifs is 1. The van der Waals surface area contributed by atoms with Gasteiger partial charge in [0.1, 0.15) is 0 Å². The Hall–Kier alpha value is -1.64. The number of nitrogens with one attached hydrogen (secondary N) is 1. The monoisotopic (exact) mass is 201 g/mol. The molecule has 0 amide bonds. The standard InChI is InChI=1S/C12H15N3/c1-9(2)6-15-11-8-13-7-10-4-3-5-14-12(10)11/h3-5,7-9,15H,6H2,1-2H3. The Labute approximate surface area is 89.6 Å². The lowest BCUT2D eigenvalue weighted by Gasteiger charge is -2.10. The summed E-state index contributed by atoms with van der Waals surface area (Å²) >= 11 is 0. The Kier molecular flexibility index (Phi) is 2.81. The van der Waals surface area contributed by atoms with Crippen molar-refractivity contribution < 1.29 is 0 Å². The van der Waals surface area contributed by atoms with Gasteiger partial charge in [-0.05, 0) is 18.1 Å². The van der Waals surface area contributed by atoms with Crippen molar-refractivity contribution in [2.75, 3.05) is 11.9 Å². The van der Waals surface area contributed by atoms with Gasteiger partial charge in [0.05, 0.1) is 17.4 Å². The molecule has 0 unspecified atom stereocenters. The van der Waals surface area contributed by atoms with E-state index in [1.807, 2.05) is 30.7 Å². The fourth-order valence-corrected chi connectivity index (χ4v) is 1.44. The topological polar surface area (TPSA) is 37.8 Å². The zero-order chi connectivity index (χ0) is 10.7. The lowest BCUT2D eigenvalue weighted by Crippen LogP contribution is -2.08. The molecule has 0 saturated carbocycles. The van der Waals surface area contributed by atoms with Crippen molar-refractivity contribution in [2.45, 2.75) is 13.8 Å². The lowest BCUT2D eigenvalue weighted by molar-refractivity contribution is 0.689. The first kappa shape index (κ1) is 9.90. The number of hydrogen-bond acceptors (Lipinski definition) is 3. The van der Waals surface area contributed by atoms with E-state index in [9.17, 15) is 0 Å². The minimum absolute atomic E-state index is 0.615. The van der Waals surface area contributed by atoms with Crippen LogP contribution in [0.4, 0.5) is 5.69 Å². The van der Waals surface area contributed by atoms with Gasteiger partial charge in [-0.2, -0.15) is 0 Å². The Morgan fingerprint density at radius 3 is 3.00 bits per heavy atom. The van der Waals surface area contributed by atoms with Crippen LogP contribution in [0.2, 0.25) is 0 Å². The molecule has 0 bridgehead atoms. The Morgan fingerprint density at radius 1 is 1.33 bits per heavy atom. The van der Waals surface area contributed by atoms with Crippen LogP contribution in [-0.4, -0.2) is 16.5 Å². The van der Waals surface area contributed by atoms with E-state index in [4.69, 9.17) is 0 Å². The summed E-state index contributed by atoms with van der Waals surface area (Å²) < 4.78 is 0. The van der Waals surface area contributed by atoms with Crippen LogP contribution in [0, 0.1) is 5.92 Å². The summed E-state index contributed by atoms with van der Waals surface area (Å²) in [7, 11) is 0. The van der Waals surface area contributed by atoms with E-state index in [1.54, 1.807) is 0 Å². The summed E-state index contributed by atoms with van der Waals surface area (Å²) in [4.78, 5) is 8.54. The van der Waals surface area contributed by atoms with E-state index in [2.05, 4.69) is 29.1 Å². The predicted octanol–water partition coefficient (Wildman–Crippen LogP) is 2.70. The van der Waals surface area contributed by atoms with E-state index in [0.717, 1.165) is 23.1 Å². The molecule has 15 heavy (non-hydrogen) atoms. The molecule has 0 atom stereocenters. The first-order valence-corrected chi connectivity index (χ1v) is 5.20. The summed E-state index contributed by atoms with van der Waals surface area (Å²) in [6.45, 7) is 5.30. The largest absolute Gasteiger partial charge is 0.382 e. The minimum atomic E-state index is 0.615. The van der Waals surface area contributed by atoms with Gasteiger partial charge in [-0.25, -0.2) is 0 Å². The highest BCUT2D eigenvalue weighted by atomic mass is 14.9. The maximum absolute atomic E-state index is 4.36. The van der Waals surface area contributed by atoms with Gasteiger partial charge < -0.3 is 5.32 Å². The second kappa shape index (κ2) is 4.26. The minimum Gasteiger partial charge on any atom is -0.382 e. The van der Waals surface area contributed by atoms with E-state index in [1.165, 1.54) is 0 Å². The van der Waals surface area contributed by atoms with Gasteiger partial charge in [-0.1, -0.05) is 13.8 Å².